The van der Waals surface area contributed by atoms with Crippen LogP contribution >= 0.6 is 0 Å². The molecule has 6 heteroatoms. The Balaban J connectivity index is 2.16. The van der Waals surface area contributed by atoms with Crippen molar-refractivity contribution in [1.82, 2.24) is 5.43 Å². The molecule has 0 unspecified atom stereocenters. The lowest BCUT2D eigenvalue weighted by atomic mass is 10.1. The second kappa shape index (κ2) is 8.63. The Morgan fingerprint density at radius 2 is 2.20 bits per heavy atom. The van der Waals surface area contributed by atoms with Crippen LogP contribution in [0.4, 0.5) is 4.39 Å². The minimum Gasteiger partial charge on any atom is -0.504 e. The summed E-state index contributed by atoms with van der Waals surface area (Å²) in [5, 5.41) is 14.0. The Hall–Kier alpha value is -3.15. The largest absolute Gasteiger partial charge is 0.504 e. The van der Waals surface area contributed by atoms with Crippen LogP contribution in [0, 0.1) is 5.82 Å². The summed E-state index contributed by atoms with van der Waals surface area (Å²) in [4.78, 5) is 11.9. The molecule has 0 bridgehead atoms. The Labute approximate surface area is 145 Å². The summed E-state index contributed by atoms with van der Waals surface area (Å²) in [6.07, 6.45) is 3.55. The van der Waals surface area contributed by atoms with E-state index in [1.165, 1.54) is 24.4 Å². The first-order chi connectivity index (χ1) is 12.0. The van der Waals surface area contributed by atoms with E-state index in [1.54, 1.807) is 18.2 Å². The molecule has 0 aliphatic rings. The number of rotatable bonds is 7. The maximum atomic E-state index is 13.1. The van der Waals surface area contributed by atoms with Gasteiger partial charge >= 0.3 is 0 Å². The van der Waals surface area contributed by atoms with Crippen LogP contribution in [0.2, 0.25) is 0 Å². The summed E-state index contributed by atoms with van der Waals surface area (Å²) in [5.74, 6) is -0.626. The van der Waals surface area contributed by atoms with E-state index in [1.807, 2.05) is 6.92 Å². The van der Waals surface area contributed by atoms with Gasteiger partial charge in [-0.3, -0.25) is 4.79 Å². The summed E-state index contributed by atoms with van der Waals surface area (Å²) in [5.41, 5.74) is 3.78. The van der Waals surface area contributed by atoms with Gasteiger partial charge in [-0.15, -0.1) is 6.58 Å². The molecule has 2 N–H and O–H groups in total. The average molecular weight is 342 g/mol. The zero-order valence-electron chi connectivity index (χ0n) is 13.8. The number of amides is 1. The summed E-state index contributed by atoms with van der Waals surface area (Å²) >= 11 is 0. The quantitative estimate of drug-likeness (QED) is 0.460. The van der Waals surface area contributed by atoms with E-state index in [-0.39, 0.29) is 11.3 Å². The second-order valence-corrected chi connectivity index (χ2v) is 5.16. The van der Waals surface area contributed by atoms with Crippen LogP contribution in [-0.4, -0.2) is 23.8 Å². The number of phenols is 1. The first-order valence-corrected chi connectivity index (χ1v) is 7.73. The Bertz CT molecular complexity index is 803. The zero-order valence-corrected chi connectivity index (χ0v) is 13.8. The van der Waals surface area contributed by atoms with Gasteiger partial charge in [0.05, 0.1) is 12.8 Å². The first-order valence-electron chi connectivity index (χ1n) is 7.73. The van der Waals surface area contributed by atoms with Crippen molar-refractivity contribution < 1.29 is 19.0 Å². The number of halogens is 1. The highest BCUT2D eigenvalue weighted by Crippen LogP contribution is 2.31. The van der Waals surface area contributed by atoms with Gasteiger partial charge in [0.1, 0.15) is 5.82 Å². The normalized spacial score (nSPS) is 10.6. The van der Waals surface area contributed by atoms with E-state index in [2.05, 4.69) is 17.1 Å². The van der Waals surface area contributed by atoms with Crippen molar-refractivity contribution in [3.8, 4) is 11.5 Å². The van der Waals surface area contributed by atoms with E-state index in [9.17, 15) is 14.3 Å². The number of carbonyl (C=O) groups is 1. The van der Waals surface area contributed by atoms with Crippen LogP contribution in [0.25, 0.3) is 0 Å². The van der Waals surface area contributed by atoms with Gasteiger partial charge < -0.3 is 9.84 Å². The molecule has 2 rings (SSSR count). The topological polar surface area (TPSA) is 70.9 Å². The van der Waals surface area contributed by atoms with Crippen LogP contribution in [0.3, 0.4) is 0 Å². The third-order valence-electron chi connectivity index (χ3n) is 3.31. The van der Waals surface area contributed by atoms with Gasteiger partial charge in [-0.05, 0) is 49.2 Å². The lowest BCUT2D eigenvalue weighted by molar-refractivity contribution is 0.0954. The molecule has 0 aliphatic carbocycles. The van der Waals surface area contributed by atoms with Gasteiger partial charge in [0.2, 0.25) is 0 Å². The fraction of sp³-hybridized carbons (Fsp3) is 0.158. The van der Waals surface area contributed by atoms with Gasteiger partial charge in [-0.1, -0.05) is 12.1 Å². The summed E-state index contributed by atoms with van der Waals surface area (Å²) in [6.45, 7) is 5.87. The summed E-state index contributed by atoms with van der Waals surface area (Å²) in [6, 6.07) is 8.65. The number of carbonyl (C=O) groups excluding carboxylic acids is 1. The third-order valence-corrected chi connectivity index (χ3v) is 3.31. The molecule has 2 aromatic rings. The number of hydrogen-bond acceptors (Lipinski definition) is 4. The number of nitrogens with zero attached hydrogens (tertiary/aromatic N) is 1. The fourth-order valence-electron chi connectivity index (χ4n) is 2.20. The molecule has 0 saturated carbocycles. The molecule has 130 valence electrons. The minimum absolute atomic E-state index is 0.0581. The lowest BCUT2D eigenvalue weighted by Gasteiger charge is -2.10. The van der Waals surface area contributed by atoms with E-state index >= 15 is 0 Å². The number of nitrogens with one attached hydrogen (secondary N) is 1. The van der Waals surface area contributed by atoms with E-state index in [0.717, 1.165) is 6.07 Å². The monoisotopic (exact) mass is 342 g/mol. The van der Waals surface area contributed by atoms with Gasteiger partial charge in [0.25, 0.3) is 5.91 Å². The number of ether oxygens (including phenoxy) is 1. The number of benzene rings is 2. The van der Waals surface area contributed by atoms with Crippen LogP contribution in [0.5, 0.6) is 11.5 Å². The molecule has 0 spiro atoms. The number of hydrogen-bond donors (Lipinski definition) is 2. The Morgan fingerprint density at radius 3 is 2.88 bits per heavy atom. The molecule has 0 aromatic heterocycles. The second-order valence-electron chi connectivity index (χ2n) is 5.16. The van der Waals surface area contributed by atoms with Crippen molar-refractivity contribution in [2.24, 2.45) is 5.10 Å². The standard InChI is InChI=1S/C19H19FN2O3/c1-3-6-14-9-13(10-17(18(14)23)25-4-2)12-21-22-19(24)15-7-5-8-16(20)11-15/h3,5,7-12,23H,1,4,6H2,2H3,(H,22,24)/b21-12-. The smallest absolute Gasteiger partial charge is 0.271 e. The van der Waals surface area contributed by atoms with E-state index < -0.39 is 11.7 Å². The van der Waals surface area contributed by atoms with Crippen molar-refractivity contribution in [1.29, 1.82) is 0 Å². The fourth-order valence-corrected chi connectivity index (χ4v) is 2.20. The predicted molar refractivity (Wildman–Crippen MR) is 94.6 cm³/mol. The molecule has 0 radical (unpaired) electrons. The number of allylic oxidation sites excluding steroid dienone is 1. The Morgan fingerprint density at radius 1 is 1.40 bits per heavy atom. The highest BCUT2D eigenvalue weighted by atomic mass is 19.1. The van der Waals surface area contributed by atoms with Crippen LogP contribution < -0.4 is 10.2 Å². The van der Waals surface area contributed by atoms with Crippen LogP contribution in [-0.2, 0) is 6.42 Å². The van der Waals surface area contributed by atoms with E-state index in [0.29, 0.717) is 29.9 Å². The molecule has 0 atom stereocenters. The van der Waals surface area contributed by atoms with Crippen LogP contribution in [0.15, 0.2) is 54.2 Å². The SMILES string of the molecule is C=CCc1cc(/C=N\NC(=O)c2cccc(F)c2)cc(OCC)c1O. The van der Waals surface area contributed by atoms with Gasteiger partial charge in [0.15, 0.2) is 11.5 Å². The highest BCUT2D eigenvalue weighted by Gasteiger charge is 2.10. The molecule has 0 fully saturated rings. The first kappa shape index (κ1) is 18.2. The van der Waals surface area contributed by atoms with Crippen molar-refractivity contribution in [3.63, 3.8) is 0 Å². The van der Waals surface area contributed by atoms with Gasteiger partial charge in [-0.25, -0.2) is 9.82 Å². The van der Waals surface area contributed by atoms with Gasteiger partial charge in [0, 0.05) is 11.1 Å². The van der Waals surface area contributed by atoms with Crippen molar-refractivity contribution in [3.05, 3.63) is 71.6 Å². The Kier molecular flexibility index (Phi) is 6.28. The maximum Gasteiger partial charge on any atom is 0.271 e. The zero-order chi connectivity index (χ0) is 18.2. The average Bonchev–Trinajstić information content (AvgIpc) is 2.59. The van der Waals surface area contributed by atoms with Gasteiger partial charge in [-0.2, -0.15) is 5.10 Å². The molecular formula is C19H19FN2O3. The molecule has 0 heterocycles. The summed E-state index contributed by atoms with van der Waals surface area (Å²) < 4.78 is 18.5. The molecule has 0 saturated heterocycles. The minimum atomic E-state index is -0.522. The van der Waals surface area contributed by atoms with Crippen molar-refractivity contribution >= 4 is 12.1 Å². The van der Waals surface area contributed by atoms with Crippen molar-refractivity contribution in [2.75, 3.05) is 6.61 Å². The van der Waals surface area contributed by atoms with Crippen LogP contribution in [0.1, 0.15) is 28.4 Å². The molecule has 0 aliphatic heterocycles. The van der Waals surface area contributed by atoms with Crippen molar-refractivity contribution in [2.45, 2.75) is 13.3 Å². The molecule has 25 heavy (non-hydrogen) atoms. The molecule has 5 nitrogen and oxygen atoms in total. The lowest BCUT2D eigenvalue weighted by Crippen LogP contribution is -2.17. The molecule has 2 aromatic carbocycles. The third kappa shape index (κ3) is 4.91. The number of phenolic OH excluding ortho intramolecular Hbond substituents is 1. The van der Waals surface area contributed by atoms with E-state index in [4.69, 9.17) is 4.74 Å². The molecule has 1 amide bonds. The molecular weight excluding hydrogens is 323 g/mol. The predicted octanol–water partition coefficient (Wildman–Crippen LogP) is 3.42. The number of aromatic hydroxyl groups is 1. The number of hydrazone groups is 1. The highest BCUT2D eigenvalue weighted by molar-refractivity contribution is 5.94. The summed E-state index contributed by atoms with van der Waals surface area (Å²) in [7, 11) is 0. The maximum absolute atomic E-state index is 13.1.